The first kappa shape index (κ1) is 38.7. The predicted octanol–water partition coefficient (Wildman–Crippen LogP) is 6.35. The molecule has 0 aliphatic heterocycles. The van der Waals surface area contributed by atoms with Crippen LogP contribution in [0.3, 0.4) is 0 Å². The standard InChI is InChI=1S/C34H39ClF3N5O6S/c1-21(2)50(47,48)43-30(46)22(3)18-27(44)6-4-5-7-28(45)24-10-8-23(9-11-24)19-29-39-31(41-32(40-29)49-20-34(36,37)38)42-33(16-17-33)25-12-14-26(35)15-13-25/h8-15,21-22H,4-7,16-20H2,1-3H3,(H,43,46)(H,39,40,41,42)/t22-/m0/s1. The van der Waals surface area contributed by atoms with Crippen LogP contribution in [0.1, 0.15) is 93.0 Å². The average molecular weight is 738 g/mol. The Hall–Kier alpha value is -4.11. The van der Waals surface area contributed by atoms with Gasteiger partial charge in [0.25, 0.3) is 0 Å². The summed E-state index contributed by atoms with van der Waals surface area (Å²) in [7, 11) is -3.78. The van der Waals surface area contributed by atoms with Crippen molar-refractivity contribution in [3.63, 3.8) is 0 Å². The number of carbonyl (C=O) groups is 3. The largest absolute Gasteiger partial charge is 0.454 e. The maximum atomic E-state index is 12.9. The number of hydrogen-bond acceptors (Lipinski definition) is 10. The average Bonchev–Trinajstić information content (AvgIpc) is 3.82. The van der Waals surface area contributed by atoms with E-state index in [1.165, 1.54) is 20.8 Å². The Labute approximate surface area is 293 Å². The van der Waals surface area contributed by atoms with Gasteiger partial charge in [0.05, 0.1) is 10.8 Å². The van der Waals surface area contributed by atoms with Crippen molar-refractivity contribution in [2.75, 3.05) is 11.9 Å². The number of benzene rings is 2. The van der Waals surface area contributed by atoms with E-state index in [1.807, 2.05) is 16.9 Å². The molecule has 1 heterocycles. The molecular formula is C34H39ClF3N5O6S. The molecule has 0 saturated heterocycles. The fourth-order valence-electron chi connectivity index (χ4n) is 4.98. The summed E-state index contributed by atoms with van der Waals surface area (Å²) >= 11 is 6.02. The lowest BCUT2D eigenvalue weighted by Gasteiger charge is -2.19. The molecule has 50 heavy (non-hydrogen) atoms. The number of sulfonamides is 1. The molecule has 16 heteroatoms. The van der Waals surface area contributed by atoms with Crippen molar-refractivity contribution in [3.05, 3.63) is 76.1 Å². The summed E-state index contributed by atoms with van der Waals surface area (Å²) in [5.74, 6) is -1.63. The third kappa shape index (κ3) is 11.5. The van der Waals surface area contributed by atoms with Gasteiger partial charge in [0.2, 0.25) is 21.9 Å². The minimum absolute atomic E-state index is 0.0710. The number of unbranched alkanes of at least 4 members (excludes halogenated alkanes) is 1. The molecule has 1 aromatic heterocycles. The first-order valence-electron chi connectivity index (χ1n) is 16.1. The van der Waals surface area contributed by atoms with Crippen LogP contribution in [0, 0.1) is 5.92 Å². The summed E-state index contributed by atoms with van der Waals surface area (Å²) in [6.07, 6.45) is -1.85. The van der Waals surface area contributed by atoms with Crippen LogP contribution in [-0.2, 0) is 31.6 Å². The highest BCUT2D eigenvalue weighted by atomic mass is 35.5. The molecule has 0 spiro atoms. The van der Waals surface area contributed by atoms with E-state index in [2.05, 4.69) is 20.3 Å². The quantitative estimate of drug-likeness (QED) is 0.111. The lowest BCUT2D eigenvalue weighted by Crippen LogP contribution is -2.39. The van der Waals surface area contributed by atoms with E-state index >= 15 is 0 Å². The van der Waals surface area contributed by atoms with Gasteiger partial charge < -0.3 is 10.1 Å². The van der Waals surface area contributed by atoms with Crippen LogP contribution in [0.2, 0.25) is 5.02 Å². The highest BCUT2D eigenvalue weighted by molar-refractivity contribution is 7.90. The number of anilines is 1. The minimum atomic E-state index is -4.59. The second-order valence-electron chi connectivity index (χ2n) is 12.7. The molecule has 1 atom stereocenters. The van der Waals surface area contributed by atoms with Gasteiger partial charge in [0.1, 0.15) is 11.6 Å². The van der Waals surface area contributed by atoms with Crippen molar-refractivity contribution in [3.8, 4) is 6.01 Å². The highest BCUT2D eigenvalue weighted by Gasteiger charge is 2.45. The summed E-state index contributed by atoms with van der Waals surface area (Å²) in [5.41, 5.74) is 1.59. The van der Waals surface area contributed by atoms with Gasteiger partial charge in [-0.2, -0.15) is 28.1 Å². The molecule has 4 rings (SSSR count). The zero-order valence-corrected chi connectivity index (χ0v) is 29.4. The summed E-state index contributed by atoms with van der Waals surface area (Å²) in [6, 6.07) is 13.4. The second-order valence-corrected chi connectivity index (χ2v) is 15.4. The molecule has 3 aromatic rings. The smallest absolute Gasteiger partial charge is 0.422 e. The highest BCUT2D eigenvalue weighted by Crippen LogP contribution is 2.48. The number of halogens is 4. The SMILES string of the molecule is CC(C)S(=O)(=O)NC(=O)[C@@H](C)CC(=O)CCCCC(=O)c1ccc(Cc2nc(NC3(c4ccc(Cl)cc4)CC3)nc(OCC(F)(F)F)n2)cc1. The molecule has 0 bridgehead atoms. The zero-order chi connectivity index (χ0) is 36.7. The Morgan fingerprint density at radius 1 is 0.940 bits per heavy atom. The van der Waals surface area contributed by atoms with Gasteiger partial charge in [-0.05, 0) is 62.8 Å². The van der Waals surface area contributed by atoms with Gasteiger partial charge in [-0.15, -0.1) is 0 Å². The van der Waals surface area contributed by atoms with E-state index < -0.39 is 51.4 Å². The first-order chi connectivity index (χ1) is 23.4. The molecule has 2 aromatic carbocycles. The van der Waals surface area contributed by atoms with Gasteiger partial charge >= 0.3 is 12.2 Å². The fraction of sp³-hybridized carbons (Fsp3) is 0.471. The van der Waals surface area contributed by atoms with Gasteiger partial charge in [0.15, 0.2) is 12.4 Å². The van der Waals surface area contributed by atoms with Crippen LogP contribution in [0.25, 0.3) is 0 Å². The zero-order valence-electron chi connectivity index (χ0n) is 27.8. The topological polar surface area (TPSA) is 157 Å². The number of rotatable bonds is 18. The molecule has 11 nitrogen and oxygen atoms in total. The summed E-state index contributed by atoms with van der Waals surface area (Å²) in [4.78, 5) is 49.9. The number of ketones is 2. The van der Waals surface area contributed by atoms with E-state index in [0.29, 0.717) is 29.0 Å². The van der Waals surface area contributed by atoms with E-state index in [9.17, 15) is 36.0 Å². The van der Waals surface area contributed by atoms with Gasteiger partial charge in [0, 0.05) is 42.2 Å². The van der Waals surface area contributed by atoms with E-state index in [1.54, 1.807) is 36.4 Å². The second kappa shape index (κ2) is 16.3. The van der Waals surface area contributed by atoms with Gasteiger partial charge in [-0.1, -0.05) is 54.9 Å². The lowest BCUT2D eigenvalue weighted by molar-refractivity contribution is -0.154. The number of ether oxygens (including phenoxy) is 1. The summed E-state index contributed by atoms with van der Waals surface area (Å²) < 4.78 is 69.3. The van der Waals surface area contributed by atoms with E-state index in [-0.39, 0.29) is 49.0 Å². The molecule has 2 N–H and O–H groups in total. The monoisotopic (exact) mass is 737 g/mol. The van der Waals surface area contributed by atoms with E-state index in [4.69, 9.17) is 16.3 Å². The van der Waals surface area contributed by atoms with Crippen LogP contribution in [0.5, 0.6) is 6.01 Å². The van der Waals surface area contributed by atoms with Crippen molar-refractivity contribution >= 4 is 45.0 Å². The Morgan fingerprint density at radius 2 is 1.58 bits per heavy atom. The van der Waals surface area contributed by atoms with Crippen LogP contribution >= 0.6 is 11.6 Å². The number of aromatic nitrogens is 3. The van der Waals surface area contributed by atoms with Gasteiger partial charge in [-0.25, -0.2) is 8.42 Å². The van der Waals surface area contributed by atoms with Crippen LogP contribution in [0.4, 0.5) is 19.1 Å². The normalized spacial score (nSPS) is 14.6. The van der Waals surface area contributed by atoms with Crippen LogP contribution < -0.4 is 14.8 Å². The molecule has 1 aliphatic rings. The third-order valence-electron chi connectivity index (χ3n) is 8.12. The molecule has 1 fully saturated rings. The van der Waals surface area contributed by atoms with Crippen molar-refractivity contribution in [1.29, 1.82) is 0 Å². The molecule has 1 saturated carbocycles. The van der Waals surface area contributed by atoms with Crippen molar-refractivity contribution in [2.24, 2.45) is 5.92 Å². The maximum Gasteiger partial charge on any atom is 0.422 e. The number of hydrogen-bond donors (Lipinski definition) is 2. The molecule has 0 radical (unpaired) electrons. The van der Waals surface area contributed by atoms with Crippen molar-refractivity contribution in [2.45, 2.75) is 89.1 Å². The lowest BCUT2D eigenvalue weighted by atomic mass is 9.98. The Morgan fingerprint density at radius 3 is 2.18 bits per heavy atom. The predicted molar refractivity (Wildman–Crippen MR) is 180 cm³/mol. The van der Waals surface area contributed by atoms with Gasteiger partial charge in [-0.3, -0.25) is 19.1 Å². The number of amides is 1. The number of nitrogens with one attached hydrogen (secondary N) is 2. The number of nitrogens with zero attached hydrogens (tertiary/aromatic N) is 3. The number of Topliss-reactive ketones (excluding diaryl/α,β-unsaturated/α-hetero) is 2. The molecular weight excluding hydrogens is 699 g/mol. The van der Waals surface area contributed by atoms with Crippen molar-refractivity contribution in [1.82, 2.24) is 19.7 Å². The maximum absolute atomic E-state index is 12.9. The first-order valence-corrected chi connectivity index (χ1v) is 18.1. The Bertz CT molecular complexity index is 1780. The summed E-state index contributed by atoms with van der Waals surface area (Å²) in [5, 5.41) is 3.03. The molecule has 0 unspecified atom stereocenters. The fourth-order valence-corrected chi connectivity index (χ4v) is 5.82. The van der Waals surface area contributed by atoms with E-state index in [0.717, 1.165) is 18.4 Å². The summed E-state index contributed by atoms with van der Waals surface area (Å²) in [6.45, 7) is 2.81. The minimum Gasteiger partial charge on any atom is -0.454 e. The third-order valence-corrected chi connectivity index (χ3v) is 10.1. The number of alkyl halides is 3. The molecule has 1 aliphatic carbocycles. The number of carbonyl (C=O) groups excluding carboxylic acids is 3. The Kier molecular flexibility index (Phi) is 12.6. The Balaban J connectivity index is 1.31. The van der Waals surface area contributed by atoms with Crippen LogP contribution in [0.15, 0.2) is 48.5 Å². The van der Waals surface area contributed by atoms with Crippen LogP contribution in [-0.4, -0.2) is 58.9 Å². The van der Waals surface area contributed by atoms with Crippen molar-refractivity contribution < 1.29 is 40.7 Å². The molecule has 1 amide bonds. The molecule has 270 valence electrons.